The van der Waals surface area contributed by atoms with Gasteiger partial charge in [0.05, 0.1) is 99.3 Å². The molecule has 0 saturated heterocycles. The van der Waals surface area contributed by atoms with E-state index in [0.29, 0.717) is 17.6 Å². The third-order valence-corrected chi connectivity index (χ3v) is 29.1. The summed E-state index contributed by atoms with van der Waals surface area (Å²) in [6, 6.07) is 135. The number of nitrogens with zero attached hydrogens (tertiary/aromatic N) is 15. The Labute approximate surface area is 760 Å². The van der Waals surface area contributed by atoms with Gasteiger partial charge in [0, 0.05) is 140 Å². The molecule has 0 radical (unpaired) electrons. The summed E-state index contributed by atoms with van der Waals surface area (Å²) >= 11 is 1.86. The van der Waals surface area contributed by atoms with Crippen LogP contribution in [0.3, 0.4) is 0 Å². The van der Waals surface area contributed by atoms with Crippen LogP contribution >= 0.6 is 11.3 Å². The summed E-state index contributed by atoms with van der Waals surface area (Å²) in [5.41, 5.74) is 30.4. The Morgan fingerprint density at radius 2 is 0.530 bits per heavy atom. The maximum absolute atomic E-state index is 6.31. The monoisotopic (exact) mass is 1730 g/mol. The predicted molar refractivity (Wildman–Crippen MR) is 550 cm³/mol. The number of aromatic nitrogens is 15. The number of benzene rings is 18. The number of hydrogen-bond donors (Lipinski definition) is 0. The van der Waals surface area contributed by atoms with Crippen molar-refractivity contribution in [1.82, 2.24) is 71.8 Å². The number of hydrogen-bond acceptors (Lipinski definition) is 11. The second-order valence-electron chi connectivity index (χ2n) is 35.1. The van der Waals surface area contributed by atoms with Crippen molar-refractivity contribution < 1.29 is 4.42 Å². The Bertz CT molecular complexity index is 10500. The number of para-hydroxylation sites is 13. The lowest BCUT2D eigenvalue weighted by molar-refractivity contribution is 0.668. The van der Waals surface area contributed by atoms with Gasteiger partial charge in [0.25, 0.3) is 0 Å². The van der Waals surface area contributed by atoms with Crippen LogP contribution in [0.15, 0.2) is 387 Å². The Kier molecular flexibility index (Phi) is 14.3. The maximum atomic E-state index is 6.31. The Morgan fingerprint density at radius 3 is 0.993 bits per heavy atom. The van der Waals surface area contributed by atoms with E-state index in [-0.39, 0.29) is 0 Å². The van der Waals surface area contributed by atoms with Crippen LogP contribution in [-0.2, 0) is 0 Å². The molecular formula is C117H63N15OS. The van der Waals surface area contributed by atoms with Crippen molar-refractivity contribution in [2.24, 2.45) is 0 Å². The average molecular weight is 1730 g/mol. The van der Waals surface area contributed by atoms with Crippen LogP contribution in [0.2, 0.25) is 0 Å². The second kappa shape index (κ2) is 26.7. The standard InChI is InChI=1S/C41H23N7.C38H20N4O.C38H20N4S/c1-3-12-24(13-4-1)38-44-39(25-14-5-2-6-15-25)46-41(45-38)47-33-21-10-7-16-26(33)29-22-30-27-17-11-18-28-36-40(43-32-20-9-8-19-31(32)42-36)48(37(27)28)35(30)23-34(29)47;2*1-5-14-31-22(8-1)27-19-28-25-10-7-11-26-36-38(40-30-13-4-3-12-29(30)39-36)42(37(25)26)33(28)20-32(27)41(31)21-16-17-24-23-9-2-6-15-34(23)43-35(24)18-21/h1-23H;2*1-20H. The number of furan rings is 1. The van der Waals surface area contributed by atoms with E-state index in [2.05, 4.69) is 270 Å². The van der Waals surface area contributed by atoms with Crippen molar-refractivity contribution in [2.45, 2.75) is 0 Å². The van der Waals surface area contributed by atoms with Gasteiger partial charge in [-0.05, 0) is 127 Å². The molecule has 0 spiro atoms. The fraction of sp³-hybridized carbons (Fsp3) is 0. The first-order chi connectivity index (χ1) is 66.4. The number of fused-ring (bicyclic) bond motifs is 36. The summed E-state index contributed by atoms with van der Waals surface area (Å²) < 4.78 is 22.9. The first-order valence-electron chi connectivity index (χ1n) is 45.0. The third kappa shape index (κ3) is 9.94. The van der Waals surface area contributed by atoms with Crippen LogP contribution in [0.25, 0.3) is 296 Å². The molecule has 15 heterocycles. The molecule has 0 aliphatic heterocycles. The normalized spacial score (nSPS) is 12.5. The summed E-state index contributed by atoms with van der Waals surface area (Å²) in [5, 5.41) is 22.8. The molecule has 0 saturated carbocycles. The molecule has 18 aromatic carbocycles. The molecule has 0 aliphatic rings. The van der Waals surface area contributed by atoms with Crippen LogP contribution in [0.1, 0.15) is 0 Å². The van der Waals surface area contributed by atoms with Crippen molar-refractivity contribution >= 4 is 267 Å². The van der Waals surface area contributed by atoms with Crippen LogP contribution < -0.4 is 0 Å². The molecule has 0 aliphatic carbocycles. The summed E-state index contributed by atoms with van der Waals surface area (Å²) in [7, 11) is 0. The number of rotatable bonds is 5. The molecule has 0 unspecified atom stereocenters. The van der Waals surface area contributed by atoms with E-state index in [9.17, 15) is 0 Å². The Hall–Kier alpha value is -18.2. The molecule has 618 valence electrons. The van der Waals surface area contributed by atoms with Gasteiger partial charge in [-0.15, -0.1) is 11.3 Å². The lowest BCUT2D eigenvalue weighted by Gasteiger charge is -2.11. The van der Waals surface area contributed by atoms with Crippen molar-refractivity contribution in [2.75, 3.05) is 0 Å². The molecule has 16 nitrogen and oxygen atoms in total. The van der Waals surface area contributed by atoms with E-state index in [1.165, 1.54) is 107 Å². The van der Waals surface area contributed by atoms with Gasteiger partial charge in [0.15, 0.2) is 28.6 Å². The van der Waals surface area contributed by atoms with Crippen LogP contribution in [0.5, 0.6) is 0 Å². The molecule has 17 heteroatoms. The molecule has 15 aromatic heterocycles. The summed E-state index contributed by atoms with van der Waals surface area (Å²) in [6.07, 6.45) is 0. The first-order valence-corrected chi connectivity index (χ1v) is 45.8. The molecule has 0 N–H and O–H groups in total. The second-order valence-corrected chi connectivity index (χ2v) is 36.1. The molecular weight excluding hydrogens is 1660 g/mol. The van der Waals surface area contributed by atoms with E-state index >= 15 is 0 Å². The van der Waals surface area contributed by atoms with E-state index < -0.39 is 0 Å². The zero-order chi connectivity index (χ0) is 87.0. The van der Waals surface area contributed by atoms with Crippen molar-refractivity contribution in [3.05, 3.63) is 382 Å². The number of thiophene rings is 1. The summed E-state index contributed by atoms with van der Waals surface area (Å²) in [5.74, 6) is 1.82. The molecule has 33 aromatic rings. The molecule has 0 bridgehead atoms. The van der Waals surface area contributed by atoms with Gasteiger partial charge in [0.1, 0.15) is 27.7 Å². The largest absolute Gasteiger partial charge is 0.456 e. The van der Waals surface area contributed by atoms with Gasteiger partial charge >= 0.3 is 0 Å². The molecule has 0 amide bonds. The highest BCUT2D eigenvalue weighted by Gasteiger charge is 2.29. The third-order valence-electron chi connectivity index (χ3n) is 27.9. The average Bonchev–Trinajstić information content (AvgIpc) is 1.53. The minimum Gasteiger partial charge on any atom is -0.456 e. The topological polar surface area (TPSA) is 157 Å². The SMILES string of the molecule is c1ccc(-c2nc(-c3ccccc3)nc(-n3c4ccccc4c4cc5c6cccc7c8nc9ccccc9nc8n(c5cc43)c67)n2)cc1.c1ccc2nc3c(nc2c1)c1cccc2c4cc5c6ccccc6n(-c6ccc7c(c6)oc6ccccc67)c5cc4n3c21.c1ccc2nc3c(nc2c1)c1cccc2c4cc5c6ccccc6n(-c6ccc7c(c6)sc6ccccc67)c5cc4n3c21. The zero-order valence-electron chi connectivity index (χ0n) is 70.9. The lowest BCUT2D eigenvalue weighted by atomic mass is 10.1. The van der Waals surface area contributed by atoms with E-state index in [0.717, 1.165) is 171 Å². The Morgan fingerprint density at radius 1 is 0.194 bits per heavy atom. The molecule has 0 atom stereocenters. The van der Waals surface area contributed by atoms with Crippen LogP contribution in [-0.4, -0.2) is 71.8 Å². The highest BCUT2D eigenvalue weighted by Crippen LogP contribution is 2.49. The molecule has 0 fully saturated rings. The van der Waals surface area contributed by atoms with E-state index in [1.807, 2.05) is 151 Å². The smallest absolute Gasteiger partial charge is 0.238 e. The first kappa shape index (κ1) is 71.8. The van der Waals surface area contributed by atoms with E-state index in [1.54, 1.807) is 0 Å². The fourth-order valence-electron chi connectivity index (χ4n) is 22.2. The molecule has 33 rings (SSSR count). The van der Waals surface area contributed by atoms with Gasteiger partial charge in [-0.2, -0.15) is 9.97 Å². The minimum absolute atomic E-state index is 0.567. The fourth-order valence-corrected chi connectivity index (χ4v) is 23.3. The van der Waals surface area contributed by atoms with Gasteiger partial charge in [-0.25, -0.2) is 34.9 Å². The maximum Gasteiger partial charge on any atom is 0.238 e. The highest BCUT2D eigenvalue weighted by atomic mass is 32.1. The quantitative estimate of drug-likeness (QED) is 0.162. The Balaban J connectivity index is 0.0000000943. The van der Waals surface area contributed by atoms with Gasteiger partial charge in [-0.1, -0.05) is 249 Å². The van der Waals surface area contributed by atoms with Gasteiger partial charge in [-0.3, -0.25) is 17.8 Å². The summed E-state index contributed by atoms with van der Waals surface area (Å²) in [4.78, 5) is 46.0. The lowest BCUT2D eigenvalue weighted by Crippen LogP contribution is -2.06. The van der Waals surface area contributed by atoms with E-state index in [4.69, 9.17) is 49.3 Å². The van der Waals surface area contributed by atoms with Gasteiger partial charge in [0.2, 0.25) is 5.95 Å². The van der Waals surface area contributed by atoms with Gasteiger partial charge < -0.3 is 13.6 Å². The minimum atomic E-state index is 0.567. The van der Waals surface area contributed by atoms with Crippen LogP contribution in [0.4, 0.5) is 0 Å². The summed E-state index contributed by atoms with van der Waals surface area (Å²) in [6.45, 7) is 0. The molecule has 134 heavy (non-hydrogen) atoms. The van der Waals surface area contributed by atoms with Crippen molar-refractivity contribution in [3.8, 4) is 40.1 Å². The van der Waals surface area contributed by atoms with Crippen LogP contribution in [0, 0.1) is 0 Å². The van der Waals surface area contributed by atoms with Crippen molar-refractivity contribution in [3.63, 3.8) is 0 Å². The predicted octanol–water partition coefficient (Wildman–Crippen LogP) is 29.4. The zero-order valence-corrected chi connectivity index (χ0v) is 71.7. The highest BCUT2D eigenvalue weighted by molar-refractivity contribution is 7.25. The van der Waals surface area contributed by atoms with Crippen molar-refractivity contribution in [1.29, 1.82) is 0 Å².